The highest BCUT2D eigenvalue weighted by Crippen LogP contribution is 2.44. The van der Waals surface area contributed by atoms with Crippen molar-refractivity contribution < 1.29 is 32.6 Å². The predicted molar refractivity (Wildman–Crippen MR) is 158 cm³/mol. The molecule has 14 heteroatoms. The molecule has 2 aliphatic heterocycles. The van der Waals surface area contributed by atoms with E-state index in [0.717, 1.165) is 24.0 Å². The van der Waals surface area contributed by atoms with E-state index in [-0.39, 0.29) is 30.0 Å². The number of aromatic nitrogens is 4. The van der Waals surface area contributed by atoms with Crippen molar-refractivity contribution in [2.24, 2.45) is 11.8 Å². The zero-order chi connectivity index (χ0) is 31.5. The van der Waals surface area contributed by atoms with Crippen LogP contribution in [0, 0.1) is 11.8 Å². The molecule has 7 rings (SSSR count). The summed E-state index contributed by atoms with van der Waals surface area (Å²) in [5, 5.41) is 5.52. The second-order valence-corrected chi connectivity index (χ2v) is 12.0. The number of aldehydes is 1. The molecule has 0 atom stereocenters. The molecule has 1 saturated carbocycles. The van der Waals surface area contributed by atoms with Gasteiger partial charge in [0.2, 0.25) is 0 Å². The predicted octanol–water partition coefficient (Wildman–Crippen LogP) is 5.13. The van der Waals surface area contributed by atoms with Crippen molar-refractivity contribution in [3.63, 3.8) is 0 Å². The van der Waals surface area contributed by atoms with Crippen molar-refractivity contribution in [1.82, 2.24) is 24.6 Å². The minimum atomic E-state index is -4.12. The van der Waals surface area contributed by atoms with E-state index in [1.54, 1.807) is 34.0 Å². The van der Waals surface area contributed by atoms with Crippen LogP contribution in [-0.4, -0.2) is 69.2 Å². The van der Waals surface area contributed by atoms with E-state index in [1.165, 1.54) is 25.4 Å². The first-order valence-corrected chi connectivity index (χ1v) is 14.8. The normalized spacial score (nSPS) is 17.6. The molecule has 3 aromatic heterocycles. The number of nitrogens with zero attached hydrogens (tertiary/aromatic N) is 6. The summed E-state index contributed by atoms with van der Waals surface area (Å²) in [7, 11) is 1.34. The lowest BCUT2D eigenvalue weighted by atomic mass is 9.94. The minimum absolute atomic E-state index is 0.133. The molecule has 3 aliphatic rings. The Morgan fingerprint density at radius 2 is 1.98 bits per heavy atom. The van der Waals surface area contributed by atoms with Crippen molar-refractivity contribution in [3.05, 3.63) is 64.7 Å². The number of alkyl halides is 2. The van der Waals surface area contributed by atoms with Gasteiger partial charge in [0.05, 0.1) is 41.9 Å². The maximum Gasteiger partial charge on any atom is 0.482 e. The Morgan fingerprint density at radius 3 is 2.67 bits per heavy atom. The van der Waals surface area contributed by atoms with Gasteiger partial charge < -0.3 is 14.4 Å². The van der Waals surface area contributed by atoms with E-state index >= 15 is 0 Å². The van der Waals surface area contributed by atoms with Crippen LogP contribution >= 0.6 is 11.6 Å². The van der Waals surface area contributed by atoms with Gasteiger partial charge in [0.1, 0.15) is 0 Å². The standard InChI is InChI=1S/C31H27ClF2N6O5/c1-44-30(43)38-12-18(13-38)14-40-28-22(11-36-40)27(23(16-41)24(37-28)8-17-2-3-17)19-4-7-25-26(9-19)45-31(33,34)29(42)39(25)15-21-6-5-20(32)10-35-21/h4-7,9-11,16-18H,2-3,8,12-15H2,1H3. The van der Waals surface area contributed by atoms with Gasteiger partial charge in [-0.2, -0.15) is 13.9 Å². The smallest absolute Gasteiger partial charge is 0.453 e. The van der Waals surface area contributed by atoms with Gasteiger partial charge in [-0.15, -0.1) is 0 Å². The molecule has 1 saturated heterocycles. The molecule has 1 aliphatic carbocycles. The highest BCUT2D eigenvalue weighted by atomic mass is 35.5. The van der Waals surface area contributed by atoms with Crippen LogP contribution in [0.4, 0.5) is 19.3 Å². The zero-order valence-electron chi connectivity index (χ0n) is 24.1. The molecule has 11 nitrogen and oxygen atoms in total. The van der Waals surface area contributed by atoms with Gasteiger partial charge >= 0.3 is 18.1 Å². The lowest BCUT2D eigenvalue weighted by Gasteiger charge is -2.37. The number of fused-ring (bicyclic) bond motifs is 2. The summed E-state index contributed by atoms with van der Waals surface area (Å²) in [5.41, 5.74) is 2.95. The van der Waals surface area contributed by atoms with Crippen LogP contribution in [0.1, 0.15) is 34.6 Å². The van der Waals surface area contributed by atoms with E-state index in [4.69, 9.17) is 26.1 Å². The molecule has 5 heterocycles. The summed E-state index contributed by atoms with van der Waals surface area (Å²) in [4.78, 5) is 48.7. The number of rotatable bonds is 8. The SMILES string of the molecule is COC(=O)N1CC(Cn2ncc3c(-c4ccc5c(c4)OC(F)(F)C(=O)N5Cc4ccc(Cl)cn4)c(C=O)c(CC4CC4)nc32)C1. The number of carbonyl (C=O) groups is 3. The number of carbonyl (C=O) groups excluding carboxylic acids is 3. The Labute approximate surface area is 260 Å². The minimum Gasteiger partial charge on any atom is -0.453 e. The van der Waals surface area contributed by atoms with Crippen molar-refractivity contribution in [1.29, 1.82) is 0 Å². The summed E-state index contributed by atoms with van der Waals surface area (Å²) < 4.78 is 41.4. The van der Waals surface area contributed by atoms with Crippen molar-refractivity contribution in [2.75, 3.05) is 25.1 Å². The molecular formula is C31H27ClF2N6O5. The molecule has 2 fully saturated rings. The van der Waals surface area contributed by atoms with Crippen LogP contribution in [-0.2, 0) is 29.0 Å². The lowest BCUT2D eigenvalue weighted by Crippen LogP contribution is -2.51. The van der Waals surface area contributed by atoms with Gasteiger partial charge in [-0.1, -0.05) is 17.7 Å². The second kappa shape index (κ2) is 11.1. The van der Waals surface area contributed by atoms with Gasteiger partial charge in [-0.05, 0) is 55.0 Å². The number of hydrogen-bond donors (Lipinski definition) is 0. The molecule has 45 heavy (non-hydrogen) atoms. The number of benzene rings is 1. The van der Waals surface area contributed by atoms with Gasteiger partial charge in [0.25, 0.3) is 0 Å². The molecule has 2 amide bonds. The zero-order valence-corrected chi connectivity index (χ0v) is 24.8. The molecule has 4 aromatic rings. The van der Waals surface area contributed by atoms with Gasteiger partial charge in [0.15, 0.2) is 17.7 Å². The Hall–Kier alpha value is -4.65. The topological polar surface area (TPSA) is 120 Å². The molecule has 1 aromatic carbocycles. The van der Waals surface area contributed by atoms with E-state index in [0.29, 0.717) is 76.1 Å². The fraction of sp³-hybridized carbons (Fsp3) is 0.355. The highest BCUT2D eigenvalue weighted by Gasteiger charge is 2.50. The van der Waals surface area contributed by atoms with E-state index < -0.39 is 12.0 Å². The highest BCUT2D eigenvalue weighted by molar-refractivity contribution is 6.30. The maximum atomic E-state index is 14.9. The first-order chi connectivity index (χ1) is 21.6. The Balaban J connectivity index is 1.29. The maximum absolute atomic E-state index is 14.9. The van der Waals surface area contributed by atoms with E-state index in [2.05, 4.69) is 10.1 Å². The lowest BCUT2D eigenvalue weighted by molar-refractivity contribution is -0.193. The monoisotopic (exact) mass is 636 g/mol. The number of anilines is 1. The second-order valence-electron chi connectivity index (χ2n) is 11.6. The summed E-state index contributed by atoms with van der Waals surface area (Å²) in [6.07, 6.45) is 1.88. The van der Waals surface area contributed by atoms with Crippen molar-refractivity contribution >= 4 is 46.6 Å². The summed E-state index contributed by atoms with van der Waals surface area (Å²) in [6.45, 7) is 1.29. The average molecular weight is 637 g/mol. The molecule has 0 N–H and O–H groups in total. The van der Waals surface area contributed by atoms with Crippen molar-refractivity contribution in [2.45, 2.75) is 38.5 Å². The quantitative estimate of drug-likeness (QED) is 0.244. The Morgan fingerprint density at radius 1 is 1.18 bits per heavy atom. The van der Waals surface area contributed by atoms with E-state index in [9.17, 15) is 23.2 Å². The van der Waals surface area contributed by atoms with Gasteiger partial charge in [-0.25, -0.2) is 14.5 Å². The summed E-state index contributed by atoms with van der Waals surface area (Å²) in [6, 6.07) is 7.72. The van der Waals surface area contributed by atoms with Crippen LogP contribution in [0.2, 0.25) is 5.02 Å². The molecule has 0 spiro atoms. The molecule has 0 unspecified atom stereocenters. The average Bonchev–Trinajstić information content (AvgIpc) is 3.74. The molecule has 0 bridgehead atoms. The summed E-state index contributed by atoms with van der Waals surface area (Å²) in [5.74, 6) is -1.20. The molecular weight excluding hydrogens is 610 g/mol. The third-order valence-corrected chi connectivity index (χ3v) is 8.62. The number of hydrogen-bond acceptors (Lipinski definition) is 8. The number of halogens is 3. The molecule has 0 radical (unpaired) electrons. The first-order valence-electron chi connectivity index (χ1n) is 14.4. The van der Waals surface area contributed by atoms with Gasteiger partial charge in [-0.3, -0.25) is 19.5 Å². The fourth-order valence-electron chi connectivity index (χ4n) is 5.92. The van der Waals surface area contributed by atoms with Crippen LogP contribution in [0.3, 0.4) is 0 Å². The van der Waals surface area contributed by atoms with Crippen molar-refractivity contribution in [3.8, 4) is 16.9 Å². The Bertz CT molecular complexity index is 1840. The largest absolute Gasteiger partial charge is 0.482 e. The van der Waals surface area contributed by atoms with E-state index in [1.807, 2.05) is 0 Å². The van der Waals surface area contributed by atoms with Crippen LogP contribution in [0.15, 0.2) is 42.7 Å². The van der Waals surface area contributed by atoms with Crippen LogP contribution < -0.4 is 9.64 Å². The number of amides is 2. The Kier molecular flexibility index (Phi) is 7.15. The number of likely N-dealkylation sites (tertiary alicyclic amines) is 1. The van der Waals surface area contributed by atoms with Crippen LogP contribution in [0.25, 0.3) is 22.2 Å². The third kappa shape index (κ3) is 5.34. The van der Waals surface area contributed by atoms with Gasteiger partial charge in [0, 0.05) is 48.3 Å². The fourth-order valence-corrected chi connectivity index (χ4v) is 6.03. The number of pyridine rings is 2. The first kappa shape index (κ1) is 29.1. The summed E-state index contributed by atoms with van der Waals surface area (Å²) >= 11 is 5.92. The number of ether oxygens (including phenoxy) is 2. The molecule has 232 valence electrons. The number of methoxy groups -OCH3 is 1. The van der Waals surface area contributed by atoms with Crippen LogP contribution in [0.5, 0.6) is 5.75 Å². The third-order valence-electron chi connectivity index (χ3n) is 8.40.